The highest BCUT2D eigenvalue weighted by Crippen LogP contribution is 2.26. The first-order chi connectivity index (χ1) is 8.66. The zero-order valence-electron chi connectivity index (χ0n) is 11.9. The lowest BCUT2D eigenvalue weighted by Crippen LogP contribution is -2.47. The number of rotatable bonds is 5. The number of nitrogens with zero attached hydrogens (tertiary/aromatic N) is 1. The maximum atomic E-state index is 5.06. The molecular weight excluding hydrogens is 224 g/mol. The fraction of sp³-hybridized carbons (Fsp3) is 0.733. The number of hydrogen-bond donors (Lipinski definition) is 1. The average molecular weight is 250 g/mol. The molecule has 2 rings (SSSR count). The summed E-state index contributed by atoms with van der Waals surface area (Å²) in [6, 6.07) is 2.73. The van der Waals surface area contributed by atoms with Gasteiger partial charge >= 0.3 is 0 Å². The molecule has 0 spiro atoms. The number of furan rings is 1. The SMILES string of the molecule is CC1CC(C)C(C)N(CCNCc2ccoc2)C1. The Morgan fingerprint density at radius 1 is 1.39 bits per heavy atom. The van der Waals surface area contributed by atoms with Gasteiger partial charge in [-0.05, 0) is 31.2 Å². The standard InChI is InChI=1S/C15H26N2O/c1-12-8-13(2)14(3)17(10-12)6-5-16-9-15-4-7-18-11-15/h4,7,11-14,16H,5-6,8-10H2,1-3H3. The van der Waals surface area contributed by atoms with Crippen molar-refractivity contribution in [3.8, 4) is 0 Å². The zero-order chi connectivity index (χ0) is 13.0. The summed E-state index contributed by atoms with van der Waals surface area (Å²) in [4.78, 5) is 2.63. The molecule has 3 unspecified atom stereocenters. The van der Waals surface area contributed by atoms with Crippen molar-refractivity contribution in [2.75, 3.05) is 19.6 Å². The molecule has 0 saturated carbocycles. The Kier molecular flexibility index (Phi) is 4.84. The van der Waals surface area contributed by atoms with Crippen LogP contribution in [0, 0.1) is 11.8 Å². The molecule has 1 N–H and O–H groups in total. The highest BCUT2D eigenvalue weighted by Gasteiger charge is 2.27. The van der Waals surface area contributed by atoms with Gasteiger partial charge in [-0.3, -0.25) is 4.90 Å². The molecule has 3 heteroatoms. The van der Waals surface area contributed by atoms with E-state index in [9.17, 15) is 0 Å². The van der Waals surface area contributed by atoms with Crippen LogP contribution in [0.15, 0.2) is 23.0 Å². The highest BCUT2D eigenvalue weighted by atomic mass is 16.3. The van der Waals surface area contributed by atoms with Crippen LogP contribution in [0.4, 0.5) is 0 Å². The van der Waals surface area contributed by atoms with Crippen molar-refractivity contribution in [1.82, 2.24) is 10.2 Å². The molecule has 1 fully saturated rings. The van der Waals surface area contributed by atoms with Crippen LogP contribution in [0.1, 0.15) is 32.8 Å². The van der Waals surface area contributed by atoms with Gasteiger partial charge in [-0.2, -0.15) is 0 Å². The fourth-order valence-corrected chi connectivity index (χ4v) is 2.98. The first-order valence-corrected chi connectivity index (χ1v) is 7.12. The maximum Gasteiger partial charge on any atom is 0.0947 e. The Labute approximate surface area is 111 Å². The molecule has 0 aromatic carbocycles. The van der Waals surface area contributed by atoms with Gasteiger partial charge in [0, 0.05) is 37.8 Å². The summed E-state index contributed by atoms with van der Waals surface area (Å²) in [6.07, 6.45) is 4.91. The minimum atomic E-state index is 0.719. The van der Waals surface area contributed by atoms with E-state index >= 15 is 0 Å². The van der Waals surface area contributed by atoms with Gasteiger partial charge in [-0.1, -0.05) is 13.8 Å². The van der Waals surface area contributed by atoms with Crippen molar-refractivity contribution in [3.63, 3.8) is 0 Å². The lowest BCUT2D eigenvalue weighted by atomic mass is 9.86. The van der Waals surface area contributed by atoms with E-state index in [1.165, 1.54) is 18.5 Å². The smallest absolute Gasteiger partial charge is 0.0947 e. The van der Waals surface area contributed by atoms with Crippen molar-refractivity contribution in [3.05, 3.63) is 24.2 Å². The molecule has 0 amide bonds. The van der Waals surface area contributed by atoms with E-state index in [-0.39, 0.29) is 0 Å². The van der Waals surface area contributed by atoms with Crippen LogP contribution in [0.3, 0.4) is 0 Å². The van der Waals surface area contributed by atoms with Crippen molar-refractivity contribution in [2.45, 2.75) is 39.8 Å². The van der Waals surface area contributed by atoms with Gasteiger partial charge in [0.15, 0.2) is 0 Å². The van der Waals surface area contributed by atoms with Gasteiger partial charge in [-0.15, -0.1) is 0 Å². The summed E-state index contributed by atoms with van der Waals surface area (Å²) >= 11 is 0. The summed E-state index contributed by atoms with van der Waals surface area (Å²) in [5.41, 5.74) is 1.23. The summed E-state index contributed by atoms with van der Waals surface area (Å²) in [7, 11) is 0. The average Bonchev–Trinajstić information content (AvgIpc) is 2.83. The van der Waals surface area contributed by atoms with Crippen LogP contribution >= 0.6 is 0 Å². The second-order valence-electron chi connectivity index (χ2n) is 5.86. The molecule has 3 atom stereocenters. The number of nitrogens with one attached hydrogen (secondary N) is 1. The van der Waals surface area contributed by atoms with Crippen molar-refractivity contribution >= 4 is 0 Å². The molecule has 18 heavy (non-hydrogen) atoms. The predicted octanol–water partition coefficient (Wildman–Crippen LogP) is 2.74. The lowest BCUT2D eigenvalue weighted by Gasteiger charge is -2.41. The minimum Gasteiger partial charge on any atom is -0.472 e. The molecule has 1 saturated heterocycles. The molecule has 1 aliphatic heterocycles. The summed E-state index contributed by atoms with van der Waals surface area (Å²) < 4.78 is 5.06. The van der Waals surface area contributed by atoms with Gasteiger partial charge < -0.3 is 9.73 Å². The molecular formula is C15H26N2O. The van der Waals surface area contributed by atoms with Crippen LogP contribution in [0.5, 0.6) is 0 Å². The molecule has 3 nitrogen and oxygen atoms in total. The molecule has 102 valence electrons. The Hall–Kier alpha value is -0.800. The molecule has 1 aliphatic rings. The van der Waals surface area contributed by atoms with E-state index in [1.54, 1.807) is 12.5 Å². The number of piperidine rings is 1. The third-order valence-corrected chi connectivity index (χ3v) is 4.20. The Bertz CT molecular complexity index is 336. The Morgan fingerprint density at radius 3 is 2.94 bits per heavy atom. The van der Waals surface area contributed by atoms with Gasteiger partial charge in [0.25, 0.3) is 0 Å². The second kappa shape index (κ2) is 6.39. The largest absolute Gasteiger partial charge is 0.472 e. The Balaban J connectivity index is 1.69. The first-order valence-electron chi connectivity index (χ1n) is 7.12. The van der Waals surface area contributed by atoms with Gasteiger partial charge in [0.1, 0.15) is 0 Å². The zero-order valence-corrected chi connectivity index (χ0v) is 11.9. The minimum absolute atomic E-state index is 0.719. The second-order valence-corrected chi connectivity index (χ2v) is 5.86. The Morgan fingerprint density at radius 2 is 2.22 bits per heavy atom. The van der Waals surface area contributed by atoms with E-state index in [0.29, 0.717) is 0 Å². The van der Waals surface area contributed by atoms with Crippen LogP contribution in [0.25, 0.3) is 0 Å². The molecule has 0 aliphatic carbocycles. The van der Waals surface area contributed by atoms with Crippen LogP contribution in [0.2, 0.25) is 0 Å². The first kappa shape index (κ1) is 13.6. The number of hydrogen-bond acceptors (Lipinski definition) is 3. The summed E-state index contributed by atoms with van der Waals surface area (Å²) in [6.45, 7) is 11.5. The highest BCUT2D eigenvalue weighted by molar-refractivity contribution is 5.04. The third kappa shape index (κ3) is 3.59. The monoisotopic (exact) mass is 250 g/mol. The van der Waals surface area contributed by atoms with E-state index in [0.717, 1.165) is 37.5 Å². The van der Waals surface area contributed by atoms with Crippen LogP contribution < -0.4 is 5.32 Å². The predicted molar refractivity (Wildman–Crippen MR) is 74.4 cm³/mol. The molecule has 1 aromatic heterocycles. The summed E-state index contributed by atoms with van der Waals surface area (Å²) in [5.74, 6) is 1.66. The van der Waals surface area contributed by atoms with Crippen LogP contribution in [-0.4, -0.2) is 30.6 Å². The maximum absolute atomic E-state index is 5.06. The van der Waals surface area contributed by atoms with Crippen molar-refractivity contribution in [2.24, 2.45) is 11.8 Å². The lowest BCUT2D eigenvalue weighted by molar-refractivity contribution is 0.0807. The van der Waals surface area contributed by atoms with E-state index < -0.39 is 0 Å². The quantitative estimate of drug-likeness (QED) is 0.815. The van der Waals surface area contributed by atoms with Gasteiger partial charge in [-0.25, -0.2) is 0 Å². The topological polar surface area (TPSA) is 28.4 Å². The normalized spacial score (nSPS) is 29.6. The van der Waals surface area contributed by atoms with Crippen molar-refractivity contribution in [1.29, 1.82) is 0 Å². The molecule has 0 bridgehead atoms. The molecule has 0 radical (unpaired) electrons. The van der Waals surface area contributed by atoms with E-state index in [1.807, 2.05) is 6.07 Å². The van der Waals surface area contributed by atoms with E-state index in [4.69, 9.17) is 4.42 Å². The van der Waals surface area contributed by atoms with Crippen LogP contribution in [-0.2, 0) is 6.54 Å². The number of likely N-dealkylation sites (tertiary alicyclic amines) is 1. The third-order valence-electron chi connectivity index (χ3n) is 4.20. The summed E-state index contributed by atoms with van der Waals surface area (Å²) in [5, 5.41) is 3.48. The molecule has 1 aromatic rings. The van der Waals surface area contributed by atoms with Gasteiger partial charge in [0.2, 0.25) is 0 Å². The van der Waals surface area contributed by atoms with E-state index in [2.05, 4.69) is 31.0 Å². The fourth-order valence-electron chi connectivity index (χ4n) is 2.98. The molecule has 2 heterocycles. The van der Waals surface area contributed by atoms with Gasteiger partial charge in [0.05, 0.1) is 12.5 Å². The van der Waals surface area contributed by atoms with Crippen molar-refractivity contribution < 1.29 is 4.42 Å².